The van der Waals surface area contributed by atoms with E-state index in [1.807, 2.05) is 0 Å². The number of hydrogen-bond donors (Lipinski definition) is 1. The summed E-state index contributed by atoms with van der Waals surface area (Å²) in [5, 5.41) is 3.61. The summed E-state index contributed by atoms with van der Waals surface area (Å²) >= 11 is 0. The minimum atomic E-state index is 0.477. The van der Waals surface area contributed by atoms with Gasteiger partial charge in [0.15, 0.2) is 0 Å². The Labute approximate surface area is 95.4 Å². The molecule has 2 heteroatoms. The first-order chi connectivity index (χ1) is 7.01. The first kappa shape index (κ1) is 13.0. The lowest BCUT2D eigenvalue weighted by Crippen LogP contribution is -2.51. The highest BCUT2D eigenvalue weighted by atomic mass is 15.2. The van der Waals surface area contributed by atoms with Gasteiger partial charge in [-0.3, -0.25) is 0 Å². The van der Waals surface area contributed by atoms with E-state index >= 15 is 0 Å². The molecule has 1 saturated heterocycles. The van der Waals surface area contributed by atoms with Crippen LogP contribution in [0, 0.1) is 5.41 Å². The van der Waals surface area contributed by atoms with Crippen molar-refractivity contribution in [3.63, 3.8) is 0 Å². The third-order valence-electron chi connectivity index (χ3n) is 3.15. The summed E-state index contributed by atoms with van der Waals surface area (Å²) in [4.78, 5) is 2.63. The van der Waals surface area contributed by atoms with Crippen molar-refractivity contribution >= 4 is 0 Å². The van der Waals surface area contributed by atoms with Gasteiger partial charge in [-0.2, -0.15) is 0 Å². The van der Waals surface area contributed by atoms with Crippen molar-refractivity contribution in [2.75, 3.05) is 26.2 Å². The van der Waals surface area contributed by atoms with Crippen LogP contribution >= 0.6 is 0 Å². The van der Waals surface area contributed by atoms with Crippen LogP contribution in [0.3, 0.4) is 0 Å². The molecule has 0 aromatic carbocycles. The topological polar surface area (TPSA) is 15.3 Å². The van der Waals surface area contributed by atoms with E-state index in [1.54, 1.807) is 0 Å². The molecule has 0 aromatic heterocycles. The van der Waals surface area contributed by atoms with Gasteiger partial charge in [-0.15, -0.1) is 0 Å². The Morgan fingerprint density at radius 1 is 1.33 bits per heavy atom. The summed E-state index contributed by atoms with van der Waals surface area (Å²) in [5.41, 5.74) is 0.477. The molecule has 0 bridgehead atoms. The minimum absolute atomic E-state index is 0.477. The average molecular weight is 212 g/mol. The van der Waals surface area contributed by atoms with E-state index < -0.39 is 0 Å². The molecule has 1 N–H and O–H groups in total. The van der Waals surface area contributed by atoms with E-state index in [4.69, 9.17) is 0 Å². The van der Waals surface area contributed by atoms with Gasteiger partial charge in [0.25, 0.3) is 0 Å². The molecule has 0 radical (unpaired) electrons. The van der Waals surface area contributed by atoms with Gasteiger partial charge < -0.3 is 10.2 Å². The largest absolute Gasteiger partial charge is 0.311 e. The summed E-state index contributed by atoms with van der Waals surface area (Å²) in [6.07, 6.45) is 3.93. The highest BCUT2D eigenvalue weighted by Gasteiger charge is 2.20. The Kier molecular flexibility index (Phi) is 5.07. The molecular formula is C13H28N2. The second kappa shape index (κ2) is 5.86. The molecule has 0 aliphatic carbocycles. The molecule has 0 spiro atoms. The molecule has 1 aliphatic rings. The van der Waals surface area contributed by atoms with Crippen LogP contribution in [0.25, 0.3) is 0 Å². The zero-order valence-corrected chi connectivity index (χ0v) is 11.0. The van der Waals surface area contributed by atoms with E-state index in [9.17, 15) is 0 Å². The molecular weight excluding hydrogens is 184 g/mol. The van der Waals surface area contributed by atoms with Crippen molar-refractivity contribution in [1.82, 2.24) is 10.2 Å². The van der Waals surface area contributed by atoms with Crippen molar-refractivity contribution < 1.29 is 0 Å². The van der Waals surface area contributed by atoms with Crippen LogP contribution in [-0.4, -0.2) is 37.1 Å². The normalized spacial score (nSPS) is 24.4. The Morgan fingerprint density at radius 3 is 2.67 bits per heavy atom. The predicted octanol–water partition coefficient (Wildman–Crippen LogP) is 2.50. The summed E-state index contributed by atoms with van der Waals surface area (Å²) in [6, 6.07) is 0.740. The molecule has 1 unspecified atom stereocenters. The van der Waals surface area contributed by atoms with Crippen LogP contribution in [0.4, 0.5) is 0 Å². The van der Waals surface area contributed by atoms with Crippen LogP contribution in [0.1, 0.15) is 47.0 Å². The Bertz CT molecular complexity index is 170. The van der Waals surface area contributed by atoms with E-state index in [1.165, 1.54) is 45.4 Å². The Hall–Kier alpha value is -0.0800. The van der Waals surface area contributed by atoms with Crippen LogP contribution in [0.2, 0.25) is 0 Å². The number of rotatable bonds is 4. The third kappa shape index (κ3) is 5.53. The van der Waals surface area contributed by atoms with Gasteiger partial charge in [0, 0.05) is 25.7 Å². The van der Waals surface area contributed by atoms with Crippen molar-refractivity contribution in [3.05, 3.63) is 0 Å². The lowest BCUT2D eigenvalue weighted by Gasteiger charge is -2.35. The lowest BCUT2D eigenvalue weighted by molar-refractivity contribution is 0.171. The van der Waals surface area contributed by atoms with Crippen LogP contribution in [0.15, 0.2) is 0 Å². The summed E-state index contributed by atoms with van der Waals surface area (Å²) in [5.74, 6) is 0. The Balaban J connectivity index is 2.24. The maximum absolute atomic E-state index is 3.61. The van der Waals surface area contributed by atoms with Crippen LogP contribution < -0.4 is 5.32 Å². The fourth-order valence-electron chi connectivity index (χ4n) is 2.13. The molecule has 0 amide bonds. The Morgan fingerprint density at radius 2 is 2.07 bits per heavy atom. The number of nitrogens with one attached hydrogen (secondary N) is 1. The molecule has 1 rings (SSSR count). The number of piperazine rings is 1. The van der Waals surface area contributed by atoms with Gasteiger partial charge >= 0.3 is 0 Å². The van der Waals surface area contributed by atoms with Crippen LogP contribution in [0.5, 0.6) is 0 Å². The maximum atomic E-state index is 3.61. The first-order valence-electron chi connectivity index (χ1n) is 6.47. The first-order valence-corrected chi connectivity index (χ1v) is 6.47. The highest BCUT2D eigenvalue weighted by Crippen LogP contribution is 2.19. The fourth-order valence-corrected chi connectivity index (χ4v) is 2.13. The van der Waals surface area contributed by atoms with E-state index in [0.29, 0.717) is 5.41 Å². The lowest BCUT2D eigenvalue weighted by atomic mass is 9.92. The second-order valence-corrected chi connectivity index (χ2v) is 6.05. The van der Waals surface area contributed by atoms with Crippen molar-refractivity contribution in [2.45, 2.75) is 53.0 Å². The third-order valence-corrected chi connectivity index (χ3v) is 3.15. The highest BCUT2D eigenvalue weighted by molar-refractivity contribution is 4.79. The van der Waals surface area contributed by atoms with E-state index in [0.717, 1.165) is 6.04 Å². The van der Waals surface area contributed by atoms with Crippen molar-refractivity contribution in [2.24, 2.45) is 5.41 Å². The molecule has 2 nitrogen and oxygen atoms in total. The zero-order valence-electron chi connectivity index (χ0n) is 11.0. The number of hydrogen-bond acceptors (Lipinski definition) is 2. The molecule has 15 heavy (non-hydrogen) atoms. The molecule has 1 atom stereocenters. The second-order valence-electron chi connectivity index (χ2n) is 6.05. The molecule has 1 aliphatic heterocycles. The van der Waals surface area contributed by atoms with E-state index in [-0.39, 0.29) is 0 Å². The monoisotopic (exact) mass is 212 g/mol. The van der Waals surface area contributed by atoms with Gasteiger partial charge in [0.05, 0.1) is 0 Å². The molecule has 90 valence electrons. The summed E-state index contributed by atoms with van der Waals surface area (Å²) in [7, 11) is 0. The van der Waals surface area contributed by atoms with Crippen molar-refractivity contribution in [1.29, 1.82) is 0 Å². The summed E-state index contributed by atoms with van der Waals surface area (Å²) < 4.78 is 0. The quantitative estimate of drug-likeness (QED) is 0.770. The SMILES string of the molecule is CCCC1CN(CCC(C)(C)C)CCN1. The van der Waals surface area contributed by atoms with Gasteiger partial charge in [-0.1, -0.05) is 34.1 Å². The minimum Gasteiger partial charge on any atom is -0.311 e. The smallest absolute Gasteiger partial charge is 0.0195 e. The summed E-state index contributed by atoms with van der Waals surface area (Å²) in [6.45, 7) is 14.2. The average Bonchev–Trinajstić information content (AvgIpc) is 2.15. The van der Waals surface area contributed by atoms with Gasteiger partial charge in [0.2, 0.25) is 0 Å². The van der Waals surface area contributed by atoms with Gasteiger partial charge in [-0.25, -0.2) is 0 Å². The molecule has 0 aromatic rings. The number of nitrogens with zero attached hydrogens (tertiary/aromatic N) is 1. The predicted molar refractivity (Wildman–Crippen MR) is 67.2 cm³/mol. The van der Waals surface area contributed by atoms with Gasteiger partial charge in [0.1, 0.15) is 0 Å². The maximum Gasteiger partial charge on any atom is 0.0195 e. The molecule has 0 saturated carbocycles. The van der Waals surface area contributed by atoms with E-state index in [2.05, 4.69) is 37.9 Å². The standard InChI is InChI=1S/C13H28N2/c1-5-6-12-11-15(10-8-14-12)9-7-13(2,3)4/h12,14H,5-11H2,1-4H3. The van der Waals surface area contributed by atoms with Gasteiger partial charge in [-0.05, 0) is 24.8 Å². The molecule has 1 heterocycles. The zero-order chi connectivity index (χ0) is 11.3. The molecule has 1 fully saturated rings. The van der Waals surface area contributed by atoms with Crippen molar-refractivity contribution in [3.8, 4) is 0 Å². The fraction of sp³-hybridized carbons (Fsp3) is 1.00. The van der Waals surface area contributed by atoms with Crippen LogP contribution in [-0.2, 0) is 0 Å².